The van der Waals surface area contributed by atoms with Gasteiger partial charge in [0, 0.05) is 24.8 Å². The third kappa shape index (κ3) is 1.71. The molecule has 2 heterocycles. The Hall–Kier alpha value is -0.830. The van der Waals surface area contributed by atoms with Crippen LogP contribution in [0.2, 0.25) is 0 Å². The Morgan fingerprint density at radius 2 is 1.89 bits per heavy atom. The molecule has 0 atom stereocenters. The highest BCUT2D eigenvalue weighted by atomic mass is 15.3. The van der Waals surface area contributed by atoms with Crippen molar-refractivity contribution in [2.45, 2.75) is 57.0 Å². The van der Waals surface area contributed by atoms with E-state index in [9.17, 15) is 0 Å². The Bertz CT molecular complexity index is 434. The average Bonchev–Trinajstić information content (AvgIpc) is 3.27. The van der Waals surface area contributed by atoms with E-state index in [0.717, 1.165) is 5.92 Å². The number of hydrogen-bond donors (Lipinski definition) is 0. The fourth-order valence-electron chi connectivity index (χ4n) is 3.94. The molecule has 3 aliphatic rings. The summed E-state index contributed by atoms with van der Waals surface area (Å²) < 4.78 is 2.20. The van der Waals surface area contributed by atoms with Gasteiger partial charge in [0.25, 0.3) is 0 Å². The number of nitrogens with zero attached hydrogens (tertiary/aromatic N) is 3. The van der Waals surface area contributed by atoms with Crippen molar-refractivity contribution in [3.63, 3.8) is 0 Å². The van der Waals surface area contributed by atoms with Crippen molar-refractivity contribution in [1.82, 2.24) is 14.7 Å². The molecule has 3 fully saturated rings. The highest BCUT2D eigenvalue weighted by Gasteiger charge is 2.57. The largest absolute Gasteiger partial charge is 0.297 e. The summed E-state index contributed by atoms with van der Waals surface area (Å²) in [5.74, 6) is 1.06. The zero-order valence-corrected chi connectivity index (χ0v) is 11.3. The first-order chi connectivity index (χ1) is 8.78. The van der Waals surface area contributed by atoms with Crippen LogP contribution in [-0.4, -0.2) is 33.3 Å². The van der Waals surface area contributed by atoms with Gasteiger partial charge in [0.15, 0.2) is 0 Å². The molecule has 1 aromatic rings. The van der Waals surface area contributed by atoms with Gasteiger partial charge in [-0.3, -0.25) is 9.58 Å². The van der Waals surface area contributed by atoms with Gasteiger partial charge in [-0.1, -0.05) is 0 Å². The summed E-state index contributed by atoms with van der Waals surface area (Å²) in [6.45, 7) is 4.71. The number of hydrogen-bond acceptors (Lipinski definition) is 2. The molecular formula is C15H23N3. The normalized spacial score (nSPS) is 28.5. The maximum Gasteiger partial charge on any atom is 0.0543 e. The van der Waals surface area contributed by atoms with Crippen LogP contribution in [0.25, 0.3) is 0 Å². The lowest BCUT2D eigenvalue weighted by Gasteiger charge is -2.38. The van der Waals surface area contributed by atoms with E-state index in [1.807, 2.05) is 6.20 Å². The second-order valence-electron chi connectivity index (χ2n) is 6.59. The van der Waals surface area contributed by atoms with Crippen molar-refractivity contribution in [3.05, 3.63) is 18.0 Å². The van der Waals surface area contributed by atoms with Crippen molar-refractivity contribution in [2.24, 2.45) is 5.92 Å². The molecule has 0 unspecified atom stereocenters. The Balaban J connectivity index is 1.41. The van der Waals surface area contributed by atoms with Crippen molar-refractivity contribution in [2.75, 3.05) is 13.1 Å². The molecule has 4 rings (SSSR count). The molecule has 0 N–H and O–H groups in total. The Labute approximate surface area is 109 Å². The summed E-state index contributed by atoms with van der Waals surface area (Å²) in [5.41, 5.74) is 1.96. The lowest BCUT2D eigenvalue weighted by molar-refractivity contribution is 0.102. The highest BCUT2D eigenvalue weighted by Crippen LogP contribution is 2.58. The Kier molecular flexibility index (Phi) is 2.35. The third-order valence-corrected chi connectivity index (χ3v) is 5.30. The van der Waals surface area contributed by atoms with Crippen molar-refractivity contribution < 1.29 is 0 Å². The molecule has 0 bridgehead atoms. The summed E-state index contributed by atoms with van der Waals surface area (Å²) in [6, 6.07) is 0.643. The quantitative estimate of drug-likeness (QED) is 0.816. The van der Waals surface area contributed by atoms with E-state index in [-0.39, 0.29) is 0 Å². The van der Waals surface area contributed by atoms with Crippen molar-refractivity contribution in [3.8, 4) is 0 Å². The van der Waals surface area contributed by atoms with Crippen molar-refractivity contribution >= 4 is 0 Å². The number of rotatable bonds is 3. The minimum Gasteiger partial charge on any atom is -0.297 e. The molecule has 0 amide bonds. The number of aromatic nitrogens is 2. The summed E-state index contributed by atoms with van der Waals surface area (Å²) in [6.07, 6.45) is 12.7. The first kappa shape index (κ1) is 11.0. The van der Waals surface area contributed by atoms with Gasteiger partial charge in [0.2, 0.25) is 0 Å². The number of aryl methyl sites for hydroxylation is 1. The molecule has 1 aliphatic heterocycles. The molecule has 1 aromatic heterocycles. The first-order valence-corrected chi connectivity index (χ1v) is 7.54. The van der Waals surface area contributed by atoms with E-state index in [1.165, 1.54) is 57.2 Å². The fourth-order valence-corrected chi connectivity index (χ4v) is 3.94. The van der Waals surface area contributed by atoms with E-state index < -0.39 is 0 Å². The molecule has 1 saturated heterocycles. The number of likely N-dealkylation sites (tertiary alicyclic amines) is 1. The highest BCUT2D eigenvalue weighted by molar-refractivity contribution is 5.13. The van der Waals surface area contributed by atoms with Crippen LogP contribution in [0.4, 0.5) is 0 Å². The SMILES string of the molecule is Cc1cnn(C2CCN(C3(C4CC4)CC3)CC2)c1. The van der Waals surface area contributed by atoms with Crippen LogP contribution in [0.1, 0.15) is 50.1 Å². The predicted molar refractivity (Wildman–Crippen MR) is 71.5 cm³/mol. The van der Waals surface area contributed by atoms with Crippen molar-refractivity contribution in [1.29, 1.82) is 0 Å². The second-order valence-corrected chi connectivity index (χ2v) is 6.59. The van der Waals surface area contributed by atoms with Gasteiger partial charge in [-0.25, -0.2) is 0 Å². The van der Waals surface area contributed by atoms with Crippen LogP contribution in [0.5, 0.6) is 0 Å². The molecule has 18 heavy (non-hydrogen) atoms. The minimum absolute atomic E-state index is 0.643. The molecule has 0 radical (unpaired) electrons. The third-order valence-electron chi connectivity index (χ3n) is 5.30. The second kappa shape index (κ2) is 3.83. The van der Waals surface area contributed by atoms with Gasteiger partial charge in [0.05, 0.1) is 12.2 Å². The molecule has 2 saturated carbocycles. The van der Waals surface area contributed by atoms with E-state index in [2.05, 4.69) is 27.8 Å². The van der Waals surface area contributed by atoms with Crippen LogP contribution in [0, 0.1) is 12.8 Å². The van der Waals surface area contributed by atoms with Crippen LogP contribution in [-0.2, 0) is 0 Å². The topological polar surface area (TPSA) is 21.1 Å². The van der Waals surface area contributed by atoms with E-state index in [1.54, 1.807) is 0 Å². The van der Waals surface area contributed by atoms with Gasteiger partial charge < -0.3 is 0 Å². The summed E-state index contributed by atoms with van der Waals surface area (Å²) in [7, 11) is 0. The summed E-state index contributed by atoms with van der Waals surface area (Å²) in [4.78, 5) is 2.82. The smallest absolute Gasteiger partial charge is 0.0543 e. The van der Waals surface area contributed by atoms with Gasteiger partial charge >= 0.3 is 0 Å². The summed E-state index contributed by atoms with van der Waals surface area (Å²) in [5, 5.41) is 4.49. The van der Waals surface area contributed by atoms with Gasteiger partial charge in [-0.2, -0.15) is 5.10 Å². The monoisotopic (exact) mass is 245 g/mol. The first-order valence-electron chi connectivity index (χ1n) is 7.54. The zero-order chi connectivity index (χ0) is 12.2. The van der Waals surface area contributed by atoms with Crippen LogP contribution < -0.4 is 0 Å². The van der Waals surface area contributed by atoms with Crippen LogP contribution >= 0.6 is 0 Å². The molecule has 98 valence electrons. The lowest BCUT2D eigenvalue weighted by Crippen LogP contribution is -2.44. The minimum atomic E-state index is 0.643. The molecule has 2 aliphatic carbocycles. The molecule has 3 nitrogen and oxygen atoms in total. The number of piperidine rings is 1. The lowest BCUT2D eigenvalue weighted by atomic mass is 10.00. The van der Waals surface area contributed by atoms with Crippen LogP contribution in [0.15, 0.2) is 12.4 Å². The van der Waals surface area contributed by atoms with Gasteiger partial charge in [0.1, 0.15) is 0 Å². The zero-order valence-electron chi connectivity index (χ0n) is 11.3. The maximum atomic E-state index is 4.49. The van der Waals surface area contributed by atoms with E-state index in [0.29, 0.717) is 11.6 Å². The Morgan fingerprint density at radius 1 is 1.17 bits per heavy atom. The molecule has 0 spiro atoms. The van der Waals surface area contributed by atoms with Gasteiger partial charge in [-0.15, -0.1) is 0 Å². The maximum absolute atomic E-state index is 4.49. The van der Waals surface area contributed by atoms with Gasteiger partial charge in [-0.05, 0) is 56.9 Å². The van der Waals surface area contributed by atoms with E-state index >= 15 is 0 Å². The fraction of sp³-hybridized carbons (Fsp3) is 0.800. The predicted octanol–water partition coefficient (Wildman–Crippen LogP) is 2.77. The standard InChI is InChI=1S/C15H23N3/c1-12-10-16-18(11-12)14-4-8-17(9-5-14)15(6-7-15)13-2-3-13/h10-11,13-14H,2-9H2,1H3. The molecule has 3 heteroatoms. The summed E-state index contributed by atoms with van der Waals surface area (Å²) >= 11 is 0. The van der Waals surface area contributed by atoms with Crippen LogP contribution in [0.3, 0.4) is 0 Å². The molecular weight excluding hydrogens is 222 g/mol. The molecule has 0 aromatic carbocycles. The average molecular weight is 245 g/mol. The van der Waals surface area contributed by atoms with E-state index in [4.69, 9.17) is 0 Å². The Morgan fingerprint density at radius 3 is 2.39 bits per heavy atom.